The summed E-state index contributed by atoms with van der Waals surface area (Å²) in [5.41, 5.74) is 1.01. The Morgan fingerprint density at radius 2 is 2.24 bits per heavy atom. The molecule has 2 aromatic heterocycles. The van der Waals surface area contributed by atoms with E-state index in [1.54, 1.807) is 4.68 Å². The Labute approximate surface area is 103 Å². The lowest BCUT2D eigenvalue weighted by molar-refractivity contribution is 0.0944. The van der Waals surface area contributed by atoms with Gasteiger partial charge in [0.05, 0.1) is 12.2 Å². The van der Waals surface area contributed by atoms with Crippen molar-refractivity contribution in [2.75, 3.05) is 0 Å². The number of amides is 1. The molecule has 6 nitrogen and oxygen atoms in total. The minimum Gasteiger partial charge on any atom is -0.345 e. The van der Waals surface area contributed by atoms with Crippen LogP contribution in [0.2, 0.25) is 5.15 Å². The first-order valence-corrected chi connectivity index (χ1v) is 5.29. The van der Waals surface area contributed by atoms with Crippen molar-refractivity contribution in [3.63, 3.8) is 0 Å². The van der Waals surface area contributed by atoms with Crippen LogP contribution in [0.5, 0.6) is 0 Å². The summed E-state index contributed by atoms with van der Waals surface area (Å²) < 4.78 is 1.67. The number of nitrogens with zero attached hydrogens (tertiary/aromatic N) is 4. The van der Waals surface area contributed by atoms with Gasteiger partial charge >= 0.3 is 0 Å². The maximum Gasteiger partial charge on any atom is 0.272 e. The van der Waals surface area contributed by atoms with E-state index in [1.165, 1.54) is 12.1 Å². The number of rotatable bonds is 3. The van der Waals surface area contributed by atoms with Crippen molar-refractivity contribution >= 4 is 17.5 Å². The average molecular weight is 252 g/mol. The Balaban J connectivity index is 1.95. The van der Waals surface area contributed by atoms with E-state index < -0.39 is 0 Å². The molecule has 2 aromatic rings. The van der Waals surface area contributed by atoms with Crippen LogP contribution in [0.1, 0.15) is 16.2 Å². The molecule has 0 aliphatic carbocycles. The molecule has 0 aliphatic rings. The highest BCUT2D eigenvalue weighted by Gasteiger charge is 2.08. The molecule has 0 aliphatic heterocycles. The molecule has 1 amide bonds. The molecule has 0 saturated heterocycles. The summed E-state index contributed by atoms with van der Waals surface area (Å²) in [7, 11) is 1.82. The monoisotopic (exact) mass is 251 g/mol. The van der Waals surface area contributed by atoms with Gasteiger partial charge in [0.15, 0.2) is 10.8 Å². The topological polar surface area (TPSA) is 72.7 Å². The average Bonchev–Trinajstić information content (AvgIpc) is 2.73. The van der Waals surface area contributed by atoms with Crippen LogP contribution in [0, 0.1) is 0 Å². The highest BCUT2D eigenvalue weighted by molar-refractivity contribution is 6.29. The van der Waals surface area contributed by atoms with Gasteiger partial charge in [0.25, 0.3) is 5.91 Å². The minimum atomic E-state index is -0.306. The maximum atomic E-state index is 11.6. The summed E-state index contributed by atoms with van der Waals surface area (Å²) in [5.74, 6) is -0.306. The predicted molar refractivity (Wildman–Crippen MR) is 61.4 cm³/mol. The van der Waals surface area contributed by atoms with Gasteiger partial charge in [0.1, 0.15) is 0 Å². The highest BCUT2D eigenvalue weighted by Crippen LogP contribution is 2.02. The molecule has 0 fully saturated rings. The molecule has 0 aromatic carbocycles. The lowest BCUT2D eigenvalue weighted by atomic mass is 10.3. The van der Waals surface area contributed by atoms with Gasteiger partial charge in [-0.15, -0.1) is 10.2 Å². The largest absolute Gasteiger partial charge is 0.345 e. The van der Waals surface area contributed by atoms with E-state index in [9.17, 15) is 4.79 Å². The molecule has 1 N–H and O–H groups in total. The molecule has 2 rings (SSSR count). The van der Waals surface area contributed by atoms with Crippen molar-refractivity contribution in [3.8, 4) is 0 Å². The smallest absolute Gasteiger partial charge is 0.272 e. The fourth-order valence-corrected chi connectivity index (χ4v) is 1.36. The van der Waals surface area contributed by atoms with Gasteiger partial charge in [-0.3, -0.25) is 9.48 Å². The summed E-state index contributed by atoms with van der Waals surface area (Å²) in [5, 5.41) is 14.3. The molecule has 0 unspecified atom stereocenters. The molecule has 0 atom stereocenters. The van der Waals surface area contributed by atoms with E-state index in [2.05, 4.69) is 20.6 Å². The Morgan fingerprint density at radius 3 is 2.82 bits per heavy atom. The zero-order chi connectivity index (χ0) is 12.3. The highest BCUT2D eigenvalue weighted by atomic mass is 35.5. The third kappa shape index (κ3) is 3.01. The Bertz CT molecular complexity index is 522. The summed E-state index contributed by atoms with van der Waals surface area (Å²) >= 11 is 5.57. The predicted octanol–water partition coefficient (Wildman–Crippen LogP) is 0.793. The van der Waals surface area contributed by atoms with Gasteiger partial charge in [0.2, 0.25) is 0 Å². The normalized spacial score (nSPS) is 10.2. The van der Waals surface area contributed by atoms with Crippen LogP contribution in [0.25, 0.3) is 0 Å². The number of hydrogen-bond acceptors (Lipinski definition) is 4. The molecule has 88 valence electrons. The third-order valence-electron chi connectivity index (χ3n) is 2.06. The second kappa shape index (κ2) is 4.92. The molecule has 2 heterocycles. The molecule has 0 spiro atoms. The van der Waals surface area contributed by atoms with Crippen LogP contribution >= 0.6 is 11.6 Å². The van der Waals surface area contributed by atoms with Crippen LogP contribution in [0.3, 0.4) is 0 Å². The van der Waals surface area contributed by atoms with Gasteiger partial charge in [-0.25, -0.2) is 0 Å². The molecule has 0 saturated carbocycles. The molecule has 0 radical (unpaired) electrons. The second-order valence-electron chi connectivity index (χ2n) is 3.40. The van der Waals surface area contributed by atoms with E-state index in [0.29, 0.717) is 6.54 Å². The van der Waals surface area contributed by atoms with Gasteiger partial charge in [-0.1, -0.05) is 11.6 Å². The number of aromatic nitrogens is 4. The summed E-state index contributed by atoms with van der Waals surface area (Å²) in [6.45, 7) is 0.351. The number of aryl methyl sites for hydroxylation is 1. The summed E-state index contributed by atoms with van der Waals surface area (Å²) in [4.78, 5) is 11.6. The minimum absolute atomic E-state index is 0.227. The van der Waals surface area contributed by atoms with Crippen LogP contribution < -0.4 is 5.32 Å². The van der Waals surface area contributed by atoms with E-state index >= 15 is 0 Å². The van der Waals surface area contributed by atoms with Gasteiger partial charge < -0.3 is 5.32 Å². The van der Waals surface area contributed by atoms with Gasteiger partial charge in [0, 0.05) is 13.2 Å². The molecule has 0 bridgehead atoms. The first kappa shape index (κ1) is 11.5. The first-order chi connectivity index (χ1) is 8.15. The second-order valence-corrected chi connectivity index (χ2v) is 3.79. The Kier molecular flexibility index (Phi) is 3.34. The van der Waals surface area contributed by atoms with Crippen molar-refractivity contribution in [2.24, 2.45) is 7.05 Å². The van der Waals surface area contributed by atoms with Crippen molar-refractivity contribution in [1.29, 1.82) is 0 Å². The van der Waals surface area contributed by atoms with E-state index in [4.69, 9.17) is 11.6 Å². The van der Waals surface area contributed by atoms with E-state index in [-0.39, 0.29) is 16.8 Å². The van der Waals surface area contributed by atoms with Crippen molar-refractivity contribution in [3.05, 3.63) is 40.9 Å². The van der Waals surface area contributed by atoms with Crippen LogP contribution in [-0.4, -0.2) is 25.9 Å². The number of carbonyl (C=O) groups is 1. The van der Waals surface area contributed by atoms with E-state index in [0.717, 1.165) is 5.69 Å². The molecular weight excluding hydrogens is 242 g/mol. The number of hydrogen-bond donors (Lipinski definition) is 1. The van der Waals surface area contributed by atoms with E-state index in [1.807, 2.05) is 19.3 Å². The van der Waals surface area contributed by atoms with Crippen molar-refractivity contribution in [2.45, 2.75) is 6.54 Å². The molecular formula is C10H10ClN5O. The van der Waals surface area contributed by atoms with Crippen LogP contribution in [-0.2, 0) is 13.6 Å². The SMILES string of the molecule is Cn1ccc(CNC(=O)c2ccc(Cl)nn2)n1. The zero-order valence-corrected chi connectivity index (χ0v) is 9.85. The van der Waals surface area contributed by atoms with Crippen molar-refractivity contribution in [1.82, 2.24) is 25.3 Å². The first-order valence-electron chi connectivity index (χ1n) is 4.91. The summed E-state index contributed by atoms with van der Waals surface area (Å²) in [6.07, 6.45) is 1.81. The third-order valence-corrected chi connectivity index (χ3v) is 2.27. The number of nitrogens with one attached hydrogen (secondary N) is 1. The van der Waals surface area contributed by atoms with Crippen molar-refractivity contribution < 1.29 is 4.79 Å². The van der Waals surface area contributed by atoms with Gasteiger partial charge in [-0.05, 0) is 18.2 Å². The number of halogens is 1. The van der Waals surface area contributed by atoms with Crippen LogP contribution in [0.15, 0.2) is 24.4 Å². The zero-order valence-electron chi connectivity index (χ0n) is 9.09. The lowest BCUT2D eigenvalue weighted by Crippen LogP contribution is -2.24. The van der Waals surface area contributed by atoms with Crippen LogP contribution in [0.4, 0.5) is 0 Å². The fourth-order valence-electron chi connectivity index (χ4n) is 1.26. The standard InChI is InChI=1S/C10H10ClN5O/c1-16-5-4-7(15-16)6-12-10(17)8-2-3-9(11)14-13-8/h2-5H,6H2,1H3,(H,12,17). The Morgan fingerprint density at radius 1 is 1.41 bits per heavy atom. The fraction of sp³-hybridized carbons (Fsp3) is 0.200. The summed E-state index contributed by atoms with van der Waals surface area (Å²) in [6, 6.07) is 4.86. The lowest BCUT2D eigenvalue weighted by Gasteiger charge is -2.01. The maximum absolute atomic E-state index is 11.6. The molecule has 17 heavy (non-hydrogen) atoms. The molecule has 7 heteroatoms. The Hall–Kier alpha value is -1.95. The quantitative estimate of drug-likeness (QED) is 0.876. The van der Waals surface area contributed by atoms with Gasteiger partial charge in [-0.2, -0.15) is 5.10 Å². The number of carbonyl (C=O) groups excluding carboxylic acids is 1.